The Morgan fingerprint density at radius 3 is 2.83 bits per heavy atom. The van der Waals surface area contributed by atoms with Crippen molar-refractivity contribution < 1.29 is 4.74 Å². The van der Waals surface area contributed by atoms with Crippen molar-refractivity contribution in [3.8, 4) is 0 Å². The van der Waals surface area contributed by atoms with Crippen LogP contribution in [0.15, 0.2) is 29.2 Å². The van der Waals surface area contributed by atoms with Crippen molar-refractivity contribution in [2.75, 3.05) is 19.4 Å². The summed E-state index contributed by atoms with van der Waals surface area (Å²) in [6.45, 7) is 1.93. The van der Waals surface area contributed by atoms with Crippen LogP contribution in [-0.2, 0) is 11.3 Å². The summed E-state index contributed by atoms with van der Waals surface area (Å²) in [6, 6.07) is 8.87. The number of hydrogen-bond acceptors (Lipinski definition) is 3. The van der Waals surface area contributed by atoms with Crippen LogP contribution in [0.2, 0.25) is 0 Å². The van der Waals surface area contributed by atoms with Crippen LogP contribution in [-0.4, -0.2) is 25.5 Å². The second-order valence-corrected chi connectivity index (χ2v) is 5.97. The molecule has 3 heteroatoms. The molecule has 0 aromatic heterocycles. The van der Waals surface area contributed by atoms with Gasteiger partial charge in [0.25, 0.3) is 0 Å². The van der Waals surface area contributed by atoms with Crippen molar-refractivity contribution in [3.63, 3.8) is 0 Å². The number of hydrogen-bond donors (Lipinski definition) is 1. The van der Waals surface area contributed by atoms with Gasteiger partial charge in [0.2, 0.25) is 0 Å². The predicted molar refractivity (Wildman–Crippen MR) is 78.1 cm³/mol. The lowest BCUT2D eigenvalue weighted by Gasteiger charge is -2.08. The van der Waals surface area contributed by atoms with E-state index in [1.54, 1.807) is 0 Å². The average molecular weight is 265 g/mol. The van der Waals surface area contributed by atoms with E-state index in [4.69, 9.17) is 4.74 Å². The highest BCUT2D eigenvalue weighted by Crippen LogP contribution is 2.22. The normalized spacial score (nSPS) is 19.3. The van der Waals surface area contributed by atoms with E-state index >= 15 is 0 Å². The fourth-order valence-corrected chi connectivity index (χ4v) is 3.16. The summed E-state index contributed by atoms with van der Waals surface area (Å²) in [4.78, 5) is 1.38. The summed E-state index contributed by atoms with van der Waals surface area (Å²) in [7, 11) is 1.98. The molecule has 2 rings (SSSR count). The molecule has 1 heterocycles. The first kappa shape index (κ1) is 13.9. The lowest BCUT2D eigenvalue weighted by Crippen LogP contribution is -2.05. The van der Waals surface area contributed by atoms with E-state index in [-0.39, 0.29) is 0 Å². The van der Waals surface area contributed by atoms with Crippen LogP contribution in [0.25, 0.3) is 0 Å². The molecule has 1 unspecified atom stereocenters. The van der Waals surface area contributed by atoms with Crippen molar-refractivity contribution >= 4 is 11.8 Å². The predicted octanol–water partition coefficient (Wildman–Crippen LogP) is 3.46. The first-order valence-electron chi connectivity index (χ1n) is 6.86. The number of nitrogens with one attached hydrogen (secondary N) is 1. The summed E-state index contributed by atoms with van der Waals surface area (Å²) in [5.74, 6) is 1.20. The molecule has 1 N–H and O–H groups in total. The van der Waals surface area contributed by atoms with Crippen molar-refractivity contribution in [2.24, 2.45) is 0 Å². The SMILES string of the molecule is CNCc1ccc(SCCCC2CCCO2)cc1. The Hall–Kier alpha value is -0.510. The highest BCUT2D eigenvalue weighted by Gasteiger charge is 2.14. The number of thioether (sulfide) groups is 1. The van der Waals surface area contributed by atoms with Gasteiger partial charge in [-0.25, -0.2) is 0 Å². The third-order valence-electron chi connectivity index (χ3n) is 3.27. The molecule has 0 bridgehead atoms. The maximum Gasteiger partial charge on any atom is 0.0576 e. The Labute approximate surface area is 114 Å². The van der Waals surface area contributed by atoms with Gasteiger partial charge in [-0.05, 0) is 56.2 Å². The summed E-state index contributed by atoms with van der Waals surface area (Å²) in [6.07, 6.45) is 5.55. The summed E-state index contributed by atoms with van der Waals surface area (Å²) in [5, 5.41) is 3.17. The van der Waals surface area contributed by atoms with Gasteiger partial charge in [-0.15, -0.1) is 11.8 Å². The monoisotopic (exact) mass is 265 g/mol. The largest absolute Gasteiger partial charge is 0.378 e. The van der Waals surface area contributed by atoms with Crippen LogP contribution in [0, 0.1) is 0 Å². The lowest BCUT2D eigenvalue weighted by molar-refractivity contribution is 0.104. The second-order valence-electron chi connectivity index (χ2n) is 4.80. The van der Waals surface area contributed by atoms with Crippen LogP contribution >= 0.6 is 11.8 Å². The molecule has 100 valence electrons. The highest BCUT2D eigenvalue weighted by atomic mass is 32.2. The molecular weight excluding hydrogens is 242 g/mol. The van der Waals surface area contributed by atoms with Gasteiger partial charge in [0, 0.05) is 18.0 Å². The number of ether oxygens (including phenoxy) is 1. The van der Waals surface area contributed by atoms with Gasteiger partial charge in [-0.1, -0.05) is 12.1 Å². The van der Waals surface area contributed by atoms with E-state index in [0.717, 1.165) is 13.2 Å². The van der Waals surface area contributed by atoms with E-state index < -0.39 is 0 Å². The fraction of sp³-hybridized carbons (Fsp3) is 0.600. The van der Waals surface area contributed by atoms with Crippen LogP contribution in [0.3, 0.4) is 0 Å². The Morgan fingerprint density at radius 2 is 2.17 bits per heavy atom. The van der Waals surface area contributed by atoms with E-state index in [0.29, 0.717) is 6.10 Å². The molecule has 1 aromatic rings. The maximum absolute atomic E-state index is 5.63. The van der Waals surface area contributed by atoms with Crippen LogP contribution in [0.1, 0.15) is 31.2 Å². The van der Waals surface area contributed by atoms with Crippen LogP contribution < -0.4 is 5.32 Å². The van der Waals surface area contributed by atoms with Gasteiger partial charge >= 0.3 is 0 Å². The van der Waals surface area contributed by atoms with Gasteiger partial charge in [0.05, 0.1) is 6.10 Å². The van der Waals surface area contributed by atoms with Gasteiger partial charge in [-0.2, -0.15) is 0 Å². The van der Waals surface area contributed by atoms with Crippen molar-refractivity contribution in [1.29, 1.82) is 0 Å². The second kappa shape index (κ2) is 7.82. The third-order valence-corrected chi connectivity index (χ3v) is 4.37. The van der Waals surface area contributed by atoms with Gasteiger partial charge in [-0.3, -0.25) is 0 Å². The van der Waals surface area contributed by atoms with Gasteiger partial charge in [0.15, 0.2) is 0 Å². The van der Waals surface area contributed by atoms with E-state index in [2.05, 4.69) is 29.6 Å². The zero-order valence-corrected chi connectivity index (χ0v) is 12.0. The van der Waals surface area contributed by atoms with Crippen molar-refractivity contribution in [2.45, 2.75) is 43.2 Å². The molecular formula is C15H23NOS. The molecule has 1 saturated heterocycles. The molecule has 2 nitrogen and oxygen atoms in total. The Balaban J connectivity index is 1.63. The molecule has 1 aromatic carbocycles. The van der Waals surface area contributed by atoms with Crippen molar-refractivity contribution in [3.05, 3.63) is 29.8 Å². The minimum Gasteiger partial charge on any atom is -0.378 e. The molecule has 1 aliphatic rings. The average Bonchev–Trinajstić information content (AvgIpc) is 2.90. The first-order valence-corrected chi connectivity index (χ1v) is 7.85. The maximum atomic E-state index is 5.63. The van der Waals surface area contributed by atoms with Crippen molar-refractivity contribution in [1.82, 2.24) is 5.32 Å². The molecule has 1 fully saturated rings. The summed E-state index contributed by atoms with van der Waals surface area (Å²) < 4.78 is 5.63. The fourth-order valence-electron chi connectivity index (χ4n) is 2.28. The molecule has 0 amide bonds. The smallest absolute Gasteiger partial charge is 0.0576 e. The highest BCUT2D eigenvalue weighted by molar-refractivity contribution is 7.99. The molecule has 0 aliphatic carbocycles. The first-order chi connectivity index (χ1) is 8.88. The Kier molecular flexibility index (Phi) is 6.05. The molecule has 0 spiro atoms. The van der Waals surface area contributed by atoms with Crippen LogP contribution in [0.4, 0.5) is 0 Å². The number of benzene rings is 1. The minimum absolute atomic E-state index is 0.545. The Bertz CT molecular complexity index is 333. The zero-order chi connectivity index (χ0) is 12.6. The molecule has 1 atom stereocenters. The van der Waals surface area contributed by atoms with E-state index in [1.807, 2.05) is 18.8 Å². The summed E-state index contributed by atoms with van der Waals surface area (Å²) >= 11 is 1.95. The van der Waals surface area contributed by atoms with E-state index in [1.165, 1.54) is 41.9 Å². The van der Waals surface area contributed by atoms with E-state index in [9.17, 15) is 0 Å². The van der Waals surface area contributed by atoms with Gasteiger partial charge < -0.3 is 10.1 Å². The zero-order valence-electron chi connectivity index (χ0n) is 11.2. The Morgan fingerprint density at radius 1 is 1.33 bits per heavy atom. The topological polar surface area (TPSA) is 21.3 Å². The minimum atomic E-state index is 0.545. The molecule has 0 radical (unpaired) electrons. The van der Waals surface area contributed by atoms with Gasteiger partial charge in [0.1, 0.15) is 0 Å². The van der Waals surface area contributed by atoms with Crippen LogP contribution in [0.5, 0.6) is 0 Å². The standard InChI is InChI=1S/C15H23NOS/c1-16-12-13-6-8-15(9-7-13)18-11-3-5-14-4-2-10-17-14/h6-9,14,16H,2-5,10-12H2,1H3. The lowest BCUT2D eigenvalue weighted by atomic mass is 10.1. The number of rotatable bonds is 7. The third kappa shape index (κ3) is 4.63. The molecule has 18 heavy (non-hydrogen) atoms. The quantitative estimate of drug-likeness (QED) is 0.602. The molecule has 0 saturated carbocycles. The molecule has 1 aliphatic heterocycles. The summed E-state index contributed by atoms with van der Waals surface area (Å²) in [5.41, 5.74) is 1.35.